The Labute approximate surface area is 203 Å². The van der Waals surface area contributed by atoms with E-state index in [-0.39, 0.29) is 6.61 Å². The summed E-state index contributed by atoms with van der Waals surface area (Å²) in [5.41, 5.74) is 5.02. The van der Waals surface area contributed by atoms with Crippen molar-refractivity contribution in [1.82, 2.24) is 14.7 Å². The molecule has 1 fully saturated rings. The van der Waals surface area contributed by atoms with Gasteiger partial charge in [0.05, 0.1) is 18.0 Å². The Kier molecular flexibility index (Phi) is 5.55. The second kappa shape index (κ2) is 8.57. The number of hydrogen-bond acceptors (Lipinski definition) is 7. The number of esters is 1. The lowest BCUT2D eigenvalue weighted by Crippen LogP contribution is -2.65. The lowest BCUT2D eigenvalue weighted by Gasteiger charge is -2.39. The van der Waals surface area contributed by atoms with Gasteiger partial charge in [-0.2, -0.15) is 0 Å². The number of hydrogen-bond donors (Lipinski definition) is 0. The van der Waals surface area contributed by atoms with Gasteiger partial charge in [-0.1, -0.05) is 42.5 Å². The Morgan fingerprint density at radius 3 is 2.51 bits per heavy atom. The number of fused-ring (bicyclic) bond motifs is 3. The van der Waals surface area contributed by atoms with Crippen molar-refractivity contribution in [1.29, 1.82) is 0 Å². The van der Waals surface area contributed by atoms with E-state index in [1.807, 2.05) is 58.5 Å². The van der Waals surface area contributed by atoms with Crippen LogP contribution in [0.2, 0.25) is 0 Å². The van der Waals surface area contributed by atoms with Gasteiger partial charge in [-0.05, 0) is 38.0 Å². The second-order valence-corrected chi connectivity index (χ2v) is 8.75. The molecule has 180 valence electrons. The SMILES string of the molecule is CCOC(=O)CN1C(=O)C2C(N=C3N(c4cccc(C)c4C)C(c4ccccc4)=CN32)N(C)C1=O. The van der Waals surface area contributed by atoms with Crippen molar-refractivity contribution >= 4 is 35.3 Å². The molecule has 0 aromatic heterocycles. The van der Waals surface area contributed by atoms with E-state index in [1.54, 1.807) is 14.0 Å². The topological polar surface area (TPSA) is 85.8 Å². The van der Waals surface area contributed by atoms with Crippen molar-refractivity contribution in [3.8, 4) is 0 Å². The van der Waals surface area contributed by atoms with Crippen LogP contribution in [0, 0.1) is 13.8 Å². The minimum Gasteiger partial charge on any atom is -0.465 e. The van der Waals surface area contributed by atoms with E-state index in [0.29, 0.717) is 5.96 Å². The summed E-state index contributed by atoms with van der Waals surface area (Å²) in [7, 11) is 1.60. The van der Waals surface area contributed by atoms with Gasteiger partial charge < -0.3 is 9.64 Å². The molecule has 2 unspecified atom stereocenters. The van der Waals surface area contributed by atoms with E-state index < -0.39 is 36.7 Å². The Morgan fingerprint density at radius 1 is 1.06 bits per heavy atom. The first kappa shape index (κ1) is 22.6. The molecule has 35 heavy (non-hydrogen) atoms. The van der Waals surface area contributed by atoms with Gasteiger partial charge in [0, 0.05) is 18.8 Å². The fraction of sp³-hybridized carbons (Fsp3) is 0.308. The number of imide groups is 1. The molecule has 0 radical (unpaired) electrons. The molecule has 0 bridgehead atoms. The van der Waals surface area contributed by atoms with E-state index in [9.17, 15) is 14.4 Å². The molecule has 3 aliphatic heterocycles. The summed E-state index contributed by atoms with van der Waals surface area (Å²) in [6.07, 6.45) is 1.20. The third-order valence-corrected chi connectivity index (χ3v) is 6.69. The van der Waals surface area contributed by atoms with Crippen molar-refractivity contribution < 1.29 is 19.1 Å². The number of carbonyl (C=O) groups is 3. The zero-order valence-corrected chi connectivity index (χ0v) is 20.1. The highest BCUT2D eigenvalue weighted by molar-refractivity contribution is 6.16. The van der Waals surface area contributed by atoms with Gasteiger partial charge in [-0.3, -0.25) is 24.3 Å². The maximum Gasteiger partial charge on any atom is 0.328 e. The van der Waals surface area contributed by atoms with Crippen LogP contribution in [0.3, 0.4) is 0 Å². The van der Waals surface area contributed by atoms with Gasteiger partial charge in [0.15, 0.2) is 12.2 Å². The summed E-state index contributed by atoms with van der Waals surface area (Å²) < 4.78 is 4.98. The molecule has 0 saturated carbocycles. The van der Waals surface area contributed by atoms with Crippen LogP contribution in [0.1, 0.15) is 23.6 Å². The first-order valence-electron chi connectivity index (χ1n) is 11.6. The molecule has 0 aliphatic carbocycles. The molecule has 9 heteroatoms. The zero-order chi connectivity index (χ0) is 24.9. The summed E-state index contributed by atoms with van der Waals surface area (Å²) in [6, 6.07) is 14.6. The van der Waals surface area contributed by atoms with Crippen LogP contribution < -0.4 is 4.90 Å². The summed E-state index contributed by atoms with van der Waals surface area (Å²) in [4.78, 5) is 49.8. The smallest absolute Gasteiger partial charge is 0.328 e. The van der Waals surface area contributed by atoms with Gasteiger partial charge >= 0.3 is 12.0 Å². The molecule has 0 N–H and O–H groups in total. The number of aliphatic imine (C=N–C) groups is 1. The monoisotopic (exact) mass is 473 g/mol. The number of rotatable bonds is 5. The molecule has 2 aromatic rings. The Balaban J connectivity index is 1.59. The van der Waals surface area contributed by atoms with Crippen molar-refractivity contribution in [2.24, 2.45) is 4.99 Å². The lowest BCUT2D eigenvalue weighted by molar-refractivity contribution is -0.150. The first-order valence-corrected chi connectivity index (χ1v) is 11.6. The fourth-order valence-electron chi connectivity index (χ4n) is 4.74. The average Bonchev–Trinajstić information content (AvgIpc) is 3.40. The van der Waals surface area contributed by atoms with Gasteiger partial charge in [0.1, 0.15) is 6.54 Å². The number of carbonyl (C=O) groups excluding carboxylic acids is 3. The molecule has 3 aliphatic rings. The van der Waals surface area contributed by atoms with Crippen molar-refractivity contribution in [3.05, 3.63) is 71.4 Å². The van der Waals surface area contributed by atoms with E-state index in [1.165, 1.54) is 4.90 Å². The van der Waals surface area contributed by atoms with Crippen molar-refractivity contribution in [2.75, 3.05) is 25.1 Å². The standard InChI is InChI=1S/C26H27N5O4/c1-5-35-21(32)15-30-24(33)22-23(28(4)26(30)34)27-25-29(22)14-20(18-11-7-6-8-12-18)31(25)19-13-9-10-16(2)17(19)3/h6-14,22-23H,5,15H2,1-4H3. The summed E-state index contributed by atoms with van der Waals surface area (Å²) in [5, 5.41) is 0. The Hall–Kier alpha value is -4.14. The fourth-order valence-corrected chi connectivity index (χ4v) is 4.74. The number of benzene rings is 2. The highest BCUT2D eigenvalue weighted by Crippen LogP contribution is 2.41. The van der Waals surface area contributed by atoms with Gasteiger partial charge in [0.25, 0.3) is 5.91 Å². The molecule has 9 nitrogen and oxygen atoms in total. The molecule has 3 heterocycles. The Morgan fingerprint density at radius 2 is 1.80 bits per heavy atom. The molecule has 0 spiro atoms. The normalized spacial score (nSPS) is 21.1. The number of aryl methyl sites for hydroxylation is 1. The van der Waals surface area contributed by atoms with Crippen LogP contribution in [0.4, 0.5) is 10.5 Å². The highest BCUT2D eigenvalue weighted by atomic mass is 16.5. The van der Waals surface area contributed by atoms with E-state index in [2.05, 4.69) is 19.9 Å². The highest BCUT2D eigenvalue weighted by Gasteiger charge is 2.55. The molecule has 2 atom stereocenters. The third-order valence-electron chi connectivity index (χ3n) is 6.69. The molecule has 1 saturated heterocycles. The zero-order valence-electron chi connectivity index (χ0n) is 20.1. The first-order chi connectivity index (χ1) is 16.8. The lowest BCUT2D eigenvalue weighted by atomic mass is 10.1. The molecule has 2 aromatic carbocycles. The van der Waals surface area contributed by atoms with Crippen LogP contribution in [0.15, 0.2) is 59.7 Å². The van der Waals surface area contributed by atoms with Crippen LogP contribution >= 0.6 is 0 Å². The summed E-state index contributed by atoms with van der Waals surface area (Å²) in [5.74, 6) is -0.533. The quantitative estimate of drug-likeness (QED) is 0.621. The predicted molar refractivity (Wildman–Crippen MR) is 131 cm³/mol. The number of urea groups is 1. The van der Waals surface area contributed by atoms with Crippen molar-refractivity contribution in [2.45, 2.75) is 33.0 Å². The maximum absolute atomic E-state index is 13.6. The van der Waals surface area contributed by atoms with Gasteiger partial charge in [-0.25, -0.2) is 9.79 Å². The number of anilines is 1. The number of nitrogens with zero attached hydrogens (tertiary/aromatic N) is 5. The summed E-state index contributed by atoms with van der Waals surface area (Å²) in [6.45, 7) is 5.53. The largest absolute Gasteiger partial charge is 0.465 e. The van der Waals surface area contributed by atoms with Crippen LogP contribution in [0.5, 0.6) is 0 Å². The number of amides is 3. The summed E-state index contributed by atoms with van der Waals surface area (Å²) >= 11 is 0. The second-order valence-electron chi connectivity index (χ2n) is 8.75. The minimum absolute atomic E-state index is 0.171. The average molecular weight is 474 g/mol. The van der Waals surface area contributed by atoms with Crippen LogP contribution in [-0.2, 0) is 14.3 Å². The van der Waals surface area contributed by atoms with Gasteiger partial charge in [-0.15, -0.1) is 0 Å². The van der Waals surface area contributed by atoms with Crippen LogP contribution in [0.25, 0.3) is 5.70 Å². The van der Waals surface area contributed by atoms with E-state index >= 15 is 0 Å². The third kappa shape index (κ3) is 3.54. The molecular weight excluding hydrogens is 446 g/mol. The van der Waals surface area contributed by atoms with E-state index in [4.69, 9.17) is 9.73 Å². The molecular formula is C26H27N5O4. The predicted octanol–water partition coefficient (Wildman–Crippen LogP) is 2.95. The minimum atomic E-state index is -0.782. The molecule has 3 amide bonds. The Bertz CT molecular complexity index is 1270. The van der Waals surface area contributed by atoms with E-state index in [0.717, 1.165) is 33.0 Å². The van der Waals surface area contributed by atoms with Crippen molar-refractivity contribution in [3.63, 3.8) is 0 Å². The maximum atomic E-state index is 13.6. The number of guanidine groups is 1. The number of ether oxygens (including phenoxy) is 1. The van der Waals surface area contributed by atoms with Crippen LogP contribution in [-0.4, -0.2) is 71.0 Å². The molecule has 5 rings (SSSR count). The van der Waals surface area contributed by atoms with Gasteiger partial charge in [0.2, 0.25) is 5.96 Å². The number of likely N-dealkylation sites (N-methyl/N-ethyl adjacent to an activating group) is 1.